The molecule has 1 aromatic heterocycles. The van der Waals surface area contributed by atoms with Gasteiger partial charge in [-0.3, -0.25) is 0 Å². The number of fused-ring (bicyclic) bond motifs is 1. The van der Waals surface area contributed by atoms with E-state index in [1.807, 2.05) is 11.5 Å². The van der Waals surface area contributed by atoms with E-state index in [4.69, 9.17) is 0 Å². The molecule has 0 bridgehead atoms. The Hall–Kier alpha value is -2.02. The normalized spacial score (nSPS) is 14.9. The van der Waals surface area contributed by atoms with Crippen molar-refractivity contribution >= 4 is 0 Å². The van der Waals surface area contributed by atoms with E-state index < -0.39 is 6.36 Å². The topological polar surface area (TPSA) is 39.1 Å². The molecule has 0 saturated carbocycles. The van der Waals surface area contributed by atoms with E-state index in [9.17, 15) is 13.2 Å². The van der Waals surface area contributed by atoms with Crippen LogP contribution in [0.5, 0.6) is 5.75 Å². The van der Waals surface area contributed by atoms with Crippen LogP contribution < -0.4 is 10.1 Å². The Bertz CT molecular complexity index is 647. The molecule has 1 N–H and O–H groups in total. The fraction of sp³-hybridized carbons (Fsp3) is 0.357. The van der Waals surface area contributed by atoms with Crippen LogP contribution in [0.15, 0.2) is 24.3 Å². The molecule has 0 amide bonds. The molecule has 0 unspecified atom stereocenters. The average Bonchev–Trinajstić information content (AvgIpc) is 2.74. The van der Waals surface area contributed by atoms with E-state index >= 15 is 0 Å². The molecular formula is C14H14F3N3O. The second-order valence-corrected chi connectivity index (χ2v) is 4.86. The van der Waals surface area contributed by atoms with Crippen molar-refractivity contribution < 1.29 is 17.9 Å². The van der Waals surface area contributed by atoms with Gasteiger partial charge in [-0.25, -0.2) is 4.98 Å². The first-order valence-corrected chi connectivity index (χ1v) is 6.58. The Morgan fingerprint density at radius 2 is 1.95 bits per heavy atom. The minimum Gasteiger partial charge on any atom is -0.406 e. The minimum absolute atomic E-state index is 0.223. The molecule has 2 heterocycles. The third-order valence-electron chi connectivity index (χ3n) is 3.38. The maximum atomic E-state index is 12.2. The molecule has 0 saturated heterocycles. The lowest BCUT2D eigenvalue weighted by atomic mass is 10.1. The summed E-state index contributed by atoms with van der Waals surface area (Å²) in [7, 11) is 0. The number of aromatic nitrogens is 2. The Balaban J connectivity index is 1.93. The average molecular weight is 297 g/mol. The summed E-state index contributed by atoms with van der Waals surface area (Å²) in [4.78, 5) is 4.50. The van der Waals surface area contributed by atoms with Gasteiger partial charge in [0.25, 0.3) is 0 Å². The summed E-state index contributed by atoms with van der Waals surface area (Å²) in [6, 6.07) is 5.85. The number of hydrogen-bond donors (Lipinski definition) is 1. The van der Waals surface area contributed by atoms with Gasteiger partial charge < -0.3 is 14.6 Å². The van der Waals surface area contributed by atoms with Crippen LogP contribution in [0.25, 0.3) is 5.69 Å². The molecule has 112 valence electrons. The zero-order valence-electron chi connectivity index (χ0n) is 11.4. The van der Waals surface area contributed by atoms with E-state index in [0.717, 1.165) is 42.4 Å². The van der Waals surface area contributed by atoms with E-state index in [0.29, 0.717) is 0 Å². The fourth-order valence-corrected chi connectivity index (χ4v) is 2.58. The zero-order valence-corrected chi connectivity index (χ0v) is 11.4. The number of aryl methyl sites for hydroxylation is 1. The molecule has 0 atom stereocenters. The first-order chi connectivity index (χ1) is 9.94. The van der Waals surface area contributed by atoms with Gasteiger partial charge in [0.2, 0.25) is 0 Å². The van der Waals surface area contributed by atoms with Crippen LogP contribution in [-0.4, -0.2) is 22.5 Å². The number of rotatable bonds is 2. The highest BCUT2D eigenvalue weighted by Crippen LogP contribution is 2.26. The molecule has 1 aliphatic rings. The van der Waals surface area contributed by atoms with Gasteiger partial charge in [-0.2, -0.15) is 0 Å². The van der Waals surface area contributed by atoms with Gasteiger partial charge in [0.15, 0.2) is 0 Å². The van der Waals surface area contributed by atoms with Gasteiger partial charge in [0.05, 0.1) is 5.69 Å². The van der Waals surface area contributed by atoms with Crippen molar-refractivity contribution in [3.05, 3.63) is 41.5 Å². The van der Waals surface area contributed by atoms with Gasteiger partial charge in [0.1, 0.15) is 11.6 Å². The summed E-state index contributed by atoms with van der Waals surface area (Å²) in [5, 5.41) is 3.25. The SMILES string of the molecule is Cc1nc2c(n1-c1ccc(OC(F)(F)F)cc1)CCNC2. The van der Waals surface area contributed by atoms with Crippen molar-refractivity contribution in [2.45, 2.75) is 26.3 Å². The molecule has 1 aliphatic heterocycles. The summed E-state index contributed by atoms with van der Waals surface area (Å²) in [6.45, 7) is 3.48. The number of halogens is 3. The molecule has 0 fully saturated rings. The highest BCUT2D eigenvalue weighted by atomic mass is 19.4. The molecule has 7 heteroatoms. The van der Waals surface area contributed by atoms with Crippen LogP contribution in [-0.2, 0) is 13.0 Å². The Kier molecular flexibility index (Phi) is 3.36. The highest BCUT2D eigenvalue weighted by molar-refractivity contribution is 5.41. The maximum absolute atomic E-state index is 12.2. The second kappa shape index (κ2) is 5.07. The van der Waals surface area contributed by atoms with E-state index in [2.05, 4.69) is 15.0 Å². The van der Waals surface area contributed by atoms with E-state index in [1.54, 1.807) is 12.1 Å². The molecule has 21 heavy (non-hydrogen) atoms. The monoisotopic (exact) mass is 297 g/mol. The zero-order chi connectivity index (χ0) is 15.0. The van der Waals surface area contributed by atoms with Crippen molar-refractivity contribution in [3.8, 4) is 11.4 Å². The molecule has 0 spiro atoms. The first kappa shape index (κ1) is 13.9. The highest BCUT2D eigenvalue weighted by Gasteiger charge is 2.31. The lowest BCUT2D eigenvalue weighted by Gasteiger charge is -2.16. The molecular weight excluding hydrogens is 283 g/mol. The molecule has 0 radical (unpaired) electrons. The van der Waals surface area contributed by atoms with Crippen molar-refractivity contribution in [1.82, 2.24) is 14.9 Å². The number of nitrogens with zero attached hydrogens (tertiary/aromatic N) is 2. The molecule has 4 nitrogen and oxygen atoms in total. The molecule has 2 aromatic rings. The van der Waals surface area contributed by atoms with Crippen LogP contribution in [0.3, 0.4) is 0 Å². The number of hydrogen-bond acceptors (Lipinski definition) is 3. The number of nitrogens with one attached hydrogen (secondary N) is 1. The lowest BCUT2D eigenvalue weighted by molar-refractivity contribution is -0.274. The van der Waals surface area contributed by atoms with Crippen molar-refractivity contribution in [2.75, 3.05) is 6.54 Å². The number of ether oxygens (including phenoxy) is 1. The van der Waals surface area contributed by atoms with Gasteiger partial charge in [0, 0.05) is 30.9 Å². The summed E-state index contributed by atoms with van der Waals surface area (Å²) in [5.41, 5.74) is 2.89. The first-order valence-electron chi connectivity index (χ1n) is 6.58. The Morgan fingerprint density at radius 3 is 2.62 bits per heavy atom. The second-order valence-electron chi connectivity index (χ2n) is 4.86. The summed E-state index contributed by atoms with van der Waals surface area (Å²) in [5.74, 6) is 0.604. The van der Waals surface area contributed by atoms with Gasteiger partial charge in [-0.05, 0) is 31.2 Å². The summed E-state index contributed by atoms with van der Waals surface area (Å²) >= 11 is 0. The van der Waals surface area contributed by atoms with Crippen molar-refractivity contribution in [1.29, 1.82) is 0 Å². The Labute approximate surface area is 119 Å². The minimum atomic E-state index is -4.67. The summed E-state index contributed by atoms with van der Waals surface area (Å²) < 4.78 is 42.3. The largest absolute Gasteiger partial charge is 0.573 e. The van der Waals surface area contributed by atoms with E-state index in [1.165, 1.54) is 12.1 Å². The molecule has 3 rings (SSSR count). The molecule has 0 aliphatic carbocycles. The fourth-order valence-electron chi connectivity index (χ4n) is 2.58. The van der Waals surface area contributed by atoms with Crippen LogP contribution >= 0.6 is 0 Å². The third kappa shape index (κ3) is 2.87. The molecule has 1 aromatic carbocycles. The number of benzene rings is 1. The van der Waals surface area contributed by atoms with Gasteiger partial charge >= 0.3 is 6.36 Å². The van der Waals surface area contributed by atoms with Gasteiger partial charge in [-0.15, -0.1) is 13.2 Å². The summed E-state index contributed by atoms with van der Waals surface area (Å²) in [6.07, 6.45) is -3.83. The Morgan fingerprint density at radius 1 is 1.24 bits per heavy atom. The smallest absolute Gasteiger partial charge is 0.406 e. The van der Waals surface area contributed by atoms with Crippen LogP contribution in [0.2, 0.25) is 0 Å². The van der Waals surface area contributed by atoms with Crippen LogP contribution in [0.1, 0.15) is 17.2 Å². The maximum Gasteiger partial charge on any atom is 0.573 e. The van der Waals surface area contributed by atoms with E-state index in [-0.39, 0.29) is 5.75 Å². The number of alkyl halides is 3. The van der Waals surface area contributed by atoms with Gasteiger partial charge in [-0.1, -0.05) is 0 Å². The lowest BCUT2D eigenvalue weighted by Crippen LogP contribution is -2.24. The number of imidazole rings is 1. The third-order valence-corrected chi connectivity index (χ3v) is 3.38. The predicted octanol–water partition coefficient (Wildman–Crippen LogP) is 2.73. The van der Waals surface area contributed by atoms with Crippen molar-refractivity contribution in [2.24, 2.45) is 0 Å². The van der Waals surface area contributed by atoms with Crippen LogP contribution in [0.4, 0.5) is 13.2 Å². The predicted molar refractivity (Wildman–Crippen MR) is 70.4 cm³/mol. The van der Waals surface area contributed by atoms with Crippen molar-refractivity contribution in [3.63, 3.8) is 0 Å². The quantitative estimate of drug-likeness (QED) is 0.926. The van der Waals surface area contributed by atoms with Crippen LogP contribution in [0, 0.1) is 6.92 Å². The standard InChI is InChI=1S/C14H14F3N3O/c1-9-19-12-8-18-7-6-13(12)20(9)10-2-4-11(5-3-10)21-14(15,16)17/h2-5,18H,6-8H2,1H3.